The number of methoxy groups -OCH3 is 3. The van der Waals surface area contributed by atoms with Crippen molar-refractivity contribution in [3.63, 3.8) is 0 Å². The van der Waals surface area contributed by atoms with Gasteiger partial charge in [0.25, 0.3) is 21.9 Å². The number of carbonyl (C=O) groups excluding carboxylic acids is 3. The van der Waals surface area contributed by atoms with Crippen LogP contribution in [0.5, 0.6) is 5.75 Å². The third-order valence-corrected chi connectivity index (χ3v) is 20.9. The van der Waals surface area contributed by atoms with E-state index in [9.17, 15) is 53.3 Å². The van der Waals surface area contributed by atoms with Crippen molar-refractivity contribution in [2.24, 2.45) is 0 Å². The maximum absolute atomic E-state index is 12.9. The molecule has 2 amide bonds. The molecule has 1 N–H and O–H groups in total. The van der Waals surface area contributed by atoms with Crippen LogP contribution in [-0.4, -0.2) is 298 Å². The molecule has 1 aliphatic carbocycles. The molecule has 0 spiro atoms. The quantitative estimate of drug-likeness (QED) is 0.0249. The van der Waals surface area contributed by atoms with Crippen LogP contribution in [0.15, 0.2) is 122 Å². The van der Waals surface area contributed by atoms with Crippen molar-refractivity contribution in [3.8, 4) is 5.75 Å². The van der Waals surface area contributed by atoms with Crippen LogP contribution in [0.25, 0.3) is 0 Å². The molecular weight excluding hydrogens is 1580 g/mol. The van der Waals surface area contributed by atoms with Gasteiger partial charge in [0.05, 0.1) is 198 Å². The molecule has 0 saturated carbocycles. The number of hydrogen-bond donors (Lipinski definition) is 1. The van der Waals surface area contributed by atoms with Gasteiger partial charge in [-0.25, -0.2) is 21.6 Å². The van der Waals surface area contributed by atoms with E-state index in [2.05, 4.69) is 0 Å². The fourth-order valence-corrected chi connectivity index (χ4v) is 14.0. The summed E-state index contributed by atoms with van der Waals surface area (Å²) in [6.07, 6.45) is 9.52. The van der Waals surface area contributed by atoms with Crippen molar-refractivity contribution in [1.29, 1.82) is 0 Å². The smallest absolute Gasteiger partial charge is 0.744 e. The molecule has 0 bridgehead atoms. The first-order chi connectivity index (χ1) is 53.9. The minimum atomic E-state index is -4.97. The van der Waals surface area contributed by atoms with Crippen LogP contribution < -0.4 is 68.8 Å². The molecule has 3 heterocycles. The summed E-state index contributed by atoms with van der Waals surface area (Å²) in [5.74, 6) is -1.36. The van der Waals surface area contributed by atoms with Gasteiger partial charge >= 0.3 is 65.1 Å². The first-order valence-electron chi connectivity index (χ1n) is 37.2. The van der Waals surface area contributed by atoms with Gasteiger partial charge in [0, 0.05) is 88.4 Å². The van der Waals surface area contributed by atoms with E-state index in [0.717, 1.165) is 12.1 Å². The maximum Gasteiger partial charge on any atom is 1.00 e. The summed E-state index contributed by atoms with van der Waals surface area (Å²) >= 11 is 0. The van der Waals surface area contributed by atoms with Gasteiger partial charge in [-0.15, -0.1) is 5.06 Å². The summed E-state index contributed by atoms with van der Waals surface area (Å²) in [6, 6.07) is 13.8. The van der Waals surface area contributed by atoms with E-state index < -0.39 is 68.8 Å². The SMILES string of the molecule is COCCOCCOCCOCCN1C(=CC=C2CCCC(C=CC3=[N+](CCOCCOCCOCCOCCC(=O)ON4C(=O)CCC4=O)c4ccc(S(=O)(=O)[O-])cc4C3(C)CCOCCOCCOCCOC)=C2Oc2ccc(S(=O)(=O)[O-])cc2)C(C)(CCOCCOCCOCCOC)c2cc(S(=O)(=O)O)ccc21.[Na+].[Na+]. The Kier molecular flexibility index (Phi) is 46.8. The van der Waals surface area contributed by atoms with E-state index in [4.69, 9.17) is 85.4 Å². The van der Waals surface area contributed by atoms with Crippen LogP contribution in [0.4, 0.5) is 11.4 Å². The van der Waals surface area contributed by atoms with Crippen molar-refractivity contribution in [1.82, 2.24) is 5.06 Å². The van der Waals surface area contributed by atoms with Gasteiger partial charge in [0.2, 0.25) is 5.69 Å². The van der Waals surface area contributed by atoms with Crippen molar-refractivity contribution < 1.29 is 202 Å². The number of fused-ring (bicyclic) bond motifs is 2. The molecule has 7 rings (SSSR count). The zero-order chi connectivity index (χ0) is 80.7. The number of allylic oxidation sites excluding steroid dienone is 7. The number of hydroxylamine groups is 2. The number of rotatable bonds is 60. The van der Waals surface area contributed by atoms with Gasteiger partial charge in [-0.2, -0.15) is 13.0 Å². The Morgan fingerprint density at radius 1 is 0.491 bits per heavy atom. The minimum Gasteiger partial charge on any atom is -0.744 e. The normalized spacial score (nSPS) is 17.9. The number of nitrogens with zero attached hydrogens (tertiary/aromatic N) is 3. The first kappa shape index (κ1) is 100. The maximum atomic E-state index is 12.9. The molecule has 0 aromatic heterocycles. The van der Waals surface area contributed by atoms with E-state index in [-0.39, 0.29) is 221 Å². The Balaban J connectivity index is 0.0000116. The predicted octanol–water partition coefficient (Wildman–Crippen LogP) is -0.300. The predicted molar refractivity (Wildman–Crippen MR) is 401 cm³/mol. The molecule has 626 valence electrons. The van der Waals surface area contributed by atoms with Crippen LogP contribution in [-0.2, 0) is 136 Å². The molecular formula is C76H108N3Na2O30S3+. The second-order valence-electron chi connectivity index (χ2n) is 26.2. The standard InChI is InChI=1S/C76H109N3O30S3.2Na/c1-75(24-29-96-40-45-104-52-49-100-36-33-92-3)65-57-63(111(86,87)88)15-17-67(65)77(26-31-98-42-47-106-54-51-102-38-35-94-5)69(75)19-9-59-7-6-8-60(74(59)108-61-11-13-62(14-12-61)110(83,84)85)10-20-70-76(2,25-30-97-41-46-105-53-50-101-37-34-93-4)66-58-64(112(89,90)91)16-18-68(66)78(70)27-32-99-43-48-107-56-55-103-44-39-95-28-23-73(82)109-79-71(80)21-22-72(79)81;;/h9-20,57-58H,6-8,21-56H2,1-5H3,(H2-,83,84,85,86,87,88,89,90,91);;/q;2*+1/p-1. The third kappa shape index (κ3) is 33.0. The van der Waals surface area contributed by atoms with E-state index >= 15 is 0 Å². The number of carbonyl (C=O) groups is 3. The zero-order valence-corrected chi connectivity index (χ0v) is 73.0. The van der Waals surface area contributed by atoms with E-state index in [1.807, 2.05) is 47.6 Å². The molecule has 114 heavy (non-hydrogen) atoms. The average molecular weight is 1690 g/mol. The Bertz CT molecular complexity index is 3960. The molecule has 2 unspecified atom stereocenters. The molecule has 38 heteroatoms. The molecule has 33 nitrogen and oxygen atoms in total. The van der Waals surface area contributed by atoms with Gasteiger partial charge in [-0.1, -0.05) is 6.08 Å². The van der Waals surface area contributed by atoms with Crippen molar-refractivity contribution >= 4 is 65.2 Å². The molecule has 3 aromatic rings. The molecule has 3 aliphatic heterocycles. The topological polar surface area (TPSA) is 396 Å². The van der Waals surface area contributed by atoms with E-state index in [1.54, 1.807) is 33.5 Å². The Hall–Kier alpha value is -4.41. The molecule has 1 fully saturated rings. The zero-order valence-electron chi connectivity index (χ0n) is 66.5. The van der Waals surface area contributed by atoms with Crippen LogP contribution in [0.2, 0.25) is 0 Å². The number of anilines is 1. The van der Waals surface area contributed by atoms with Crippen LogP contribution in [0, 0.1) is 0 Å². The second-order valence-corrected chi connectivity index (χ2v) is 30.4. The Labute approximate surface area is 713 Å². The molecule has 2 atom stereocenters. The molecule has 0 radical (unpaired) electrons. The number of benzene rings is 3. The van der Waals surface area contributed by atoms with Crippen LogP contribution in [0.1, 0.15) is 76.3 Å². The fraction of sp³-hybridized carbons (Fsp3) is 0.605. The number of imide groups is 1. The Morgan fingerprint density at radius 2 is 0.921 bits per heavy atom. The van der Waals surface area contributed by atoms with Gasteiger partial charge < -0.3 is 99.4 Å². The average Bonchev–Trinajstić information content (AvgIpc) is 1.58. The van der Waals surface area contributed by atoms with Crippen LogP contribution >= 0.6 is 0 Å². The number of amides is 2. The summed E-state index contributed by atoms with van der Waals surface area (Å²) in [6.45, 7) is 12.3. The monoisotopic (exact) mass is 1680 g/mol. The number of ether oxygens (including phenoxy) is 17. The summed E-state index contributed by atoms with van der Waals surface area (Å²) < 4.78 is 211. The summed E-state index contributed by atoms with van der Waals surface area (Å²) in [4.78, 5) is 41.2. The second kappa shape index (κ2) is 53.3. The first-order valence-corrected chi connectivity index (χ1v) is 41.5. The third-order valence-electron chi connectivity index (χ3n) is 18.4. The van der Waals surface area contributed by atoms with Gasteiger partial charge in [0.15, 0.2) is 12.3 Å². The van der Waals surface area contributed by atoms with Crippen LogP contribution in [0.3, 0.4) is 0 Å². The van der Waals surface area contributed by atoms with Gasteiger partial charge in [0.1, 0.15) is 38.4 Å². The molecule has 4 aliphatic rings. The van der Waals surface area contributed by atoms with Crippen molar-refractivity contribution in [2.75, 3.05) is 231 Å². The van der Waals surface area contributed by atoms with Crippen molar-refractivity contribution in [3.05, 3.63) is 119 Å². The van der Waals surface area contributed by atoms with Crippen molar-refractivity contribution in [2.45, 2.75) is 90.7 Å². The fourth-order valence-electron chi connectivity index (χ4n) is 12.5. The molecule has 3 aromatic carbocycles. The Morgan fingerprint density at radius 3 is 1.40 bits per heavy atom. The minimum absolute atomic E-state index is 0. The van der Waals surface area contributed by atoms with E-state index in [0.29, 0.717) is 161 Å². The summed E-state index contributed by atoms with van der Waals surface area (Å²) in [5.41, 5.74) is 3.04. The summed E-state index contributed by atoms with van der Waals surface area (Å²) in [5, 5.41) is 0.481. The summed E-state index contributed by atoms with van der Waals surface area (Å²) in [7, 11) is -9.77. The number of hydrogen-bond acceptors (Lipinski definition) is 30. The van der Waals surface area contributed by atoms with Gasteiger partial charge in [-0.05, 0) is 129 Å². The van der Waals surface area contributed by atoms with Gasteiger partial charge in [-0.3, -0.25) is 14.1 Å². The largest absolute Gasteiger partial charge is 1.00 e. The van der Waals surface area contributed by atoms with E-state index in [1.165, 1.54) is 36.4 Å². The molecule has 1 saturated heterocycles.